The first-order valence-corrected chi connectivity index (χ1v) is 11.4. The van der Waals surface area contributed by atoms with Gasteiger partial charge in [0.15, 0.2) is 0 Å². The number of sulfonamides is 1. The van der Waals surface area contributed by atoms with Crippen molar-refractivity contribution in [2.45, 2.75) is 11.4 Å². The number of hydrogen-bond donors (Lipinski definition) is 1. The molecule has 0 aliphatic carbocycles. The van der Waals surface area contributed by atoms with Gasteiger partial charge in [-0.1, -0.05) is 0 Å². The highest BCUT2D eigenvalue weighted by Gasteiger charge is 2.31. The zero-order valence-electron chi connectivity index (χ0n) is 17.8. The monoisotopic (exact) mass is 446 g/mol. The van der Waals surface area contributed by atoms with Gasteiger partial charge in [0.05, 0.1) is 38.9 Å². The van der Waals surface area contributed by atoms with Gasteiger partial charge in [-0.15, -0.1) is 0 Å². The van der Waals surface area contributed by atoms with Gasteiger partial charge in [-0.3, -0.25) is 4.90 Å². The molecule has 1 aliphatic rings. The van der Waals surface area contributed by atoms with Crippen molar-refractivity contribution in [3.05, 3.63) is 42.2 Å². The van der Waals surface area contributed by atoms with Crippen LogP contribution in [0.2, 0.25) is 0 Å². The minimum absolute atomic E-state index is 0.119. The number of nitrogens with one attached hydrogen (secondary N) is 1. The van der Waals surface area contributed by atoms with E-state index in [0.717, 1.165) is 22.6 Å². The molecule has 0 saturated carbocycles. The van der Waals surface area contributed by atoms with Crippen LogP contribution >= 0.6 is 0 Å². The van der Waals surface area contributed by atoms with Crippen LogP contribution in [0.4, 0.5) is 0 Å². The molecular weight excluding hydrogens is 420 g/mol. The van der Waals surface area contributed by atoms with Crippen LogP contribution in [0.1, 0.15) is 5.82 Å². The van der Waals surface area contributed by atoms with Crippen LogP contribution in [0.5, 0.6) is 17.2 Å². The topological polar surface area (TPSA) is 97.0 Å². The standard InChI is InChI=1S/C21H26N4O5S/c1-28-15-4-6-17-18(12-15)23-21(22-17)14-24-8-10-25(11-9-24)31(26,27)20-13-16(29-2)5-7-19(20)30-3/h4-7,12-13H,8-11,14H2,1-3H3,(H,22,23). The zero-order chi connectivity index (χ0) is 22.0. The van der Waals surface area contributed by atoms with Gasteiger partial charge >= 0.3 is 0 Å². The number of aromatic nitrogens is 2. The van der Waals surface area contributed by atoms with E-state index in [0.29, 0.717) is 44.2 Å². The molecule has 0 spiro atoms. The number of benzene rings is 2. The fraction of sp³-hybridized carbons (Fsp3) is 0.381. The molecule has 0 unspecified atom stereocenters. The maximum absolute atomic E-state index is 13.2. The van der Waals surface area contributed by atoms with Gasteiger partial charge in [0.25, 0.3) is 0 Å². The van der Waals surface area contributed by atoms with E-state index in [1.54, 1.807) is 19.2 Å². The highest BCUT2D eigenvalue weighted by Crippen LogP contribution is 2.31. The third-order valence-corrected chi connectivity index (χ3v) is 7.35. The third-order valence-electron chi connectivity index (χ3n) is 5.43. The van der Waals surface area contributed by atoms with Gasteiger partial charge in [0, 0.05) is 38.3 Å². The lowest BCUT2D eigenvalue weighted by atomic mass is 10.3. The Morgan fingerprint density at radius 3 is 2.29 bits per heavy atom. The Kier molecular flexibility index (Phi) is 6.03. The Morgan fingerprint density at radius 2 is 1.61 bits per heavy atom. The van der Waals surface area contributed by atoms with Gasteiger partial charge in [-0.25, -0.2) is 13.4 Å². The Hall–Kier alpha value is -2.82. The molecular formula is C21H26N4O5S. The average molecular weight is 447 g/mol. The van der Waals surface area contributed by atoms with Crippen molar-refractivity contribution in [1.29, 1.82) is 0 Å². The van der Waals surface area contributed by atoms with Crippen molar-refractivity contribution in [1.82, 2.24) is 19.2 Å². The molecule has 0 amide bonds. The molecule has 1 N–H and O–H groups in total. The summed E-state index contributed by atoms with van der Waals surface area (Å²) in [4.78, 5) is 10.2. The fourth-order valence-electron chi connectivity index (χ4n) is 3.71. The molecule has 0 atom stereocenters. The molecule has 2 aromatic carbocycles. The van der Waals surface area contributed by atoms with Crippen LogP contribution in [-0.2, 0) is 16.6 Å². The molecule has 9 nitrogen and oxygen atoms in total. The summed E-state index contributed by atoms with van der Waals surface area (Å²) in [6, 6.07) is 10.5. The summed E-state index contributed by atoms with van der Waals surface area (Å²) >= 11 is 0. The molecule has 1 saturated heterocycles. The smallest absolute Gasteiger partial charge is 0.246 e. The van der Waals surface area contributed by atoms with Crippen LogP contribution in [-0.4, -0.2) is 75.1 Å². The lowest BCUT2D eigenvalue weighted by molar-refractivity contribution is 0.178. The molecule has 31 heavy (non-hydrogen) atoms. The zero-order valence-corrected chi connectivity index (χ0v) is 18.6. The first-order valence-electron chi connectivity index (χ1n) is 9.92. The first kappa shape index (κ1) is 21.4. The van der Waals surface area contributed by atoms with Crippen molar-refractivity contribution in [2.24, 2.45) is 0 Å². The molecule has 4 rings (SSSR count). The molecule has 166 valence electrons. The molecule has 0 bridgehead atoms. The second kappa shape index (κ2) is 8.74. The van der Waals surface area contributed by atoms with Crippen LogP contribution in [0, 0.1) is 0 Å². The number of hydrogen-bond acceptors (Lipinski definition) is 7. The van der Waals surface area contributed by atoms with E-state index in [2.05, 4.69) is 14.9 Å². The lowest BCUT2D eigenvalue weighted by Crippen LogP contribution is -2.48. The third kappa shape index (κ3) is 4.32. The summed E-state index contributed by atoms with van der Waals surface area (Å²) in [7, 11) is 0.900. The predicted molar refractivity (Wildman–Crippen MR) is 116 cm³/mol. The van der Waals surface area contributed by atoms with E-state index < -0.39 is 10.0 Å². The Morgan fingerprint density at radius 1 is 0.935 bits per heavy atom. The van der Waals surface area contributed by atoms with Gasteiger partial charge in [0.1, 0.15) is 28.0 Å². The summed E-state index contributed by atoms with van der Waals surface area (Å²) in [6.45, 7) is 2.60. The Labute approximate surface area is 181 Å². The summed E-state index contributed by atoms with van der Waals surface area (Å²) in [5.41, 5.74) is 1.79. The van der Waals surface area contributed by atoms with Gasteiger partial charge in [-0.2, -0.15) is 4.31 Å². The number of nitrogens with zero attached hydrogens (tertiary/aromatic N) is 3. The Balaban J connectivity index is 1.45. The first-order chi connectivity index (χ1) is 14.9. The quantitative estimate of drug-likeness (QED) is 0.594. The second-order valence-corrected chi connectivity index (χ2v) is 9.17. The average Bonchev–Trinajstić information content (AvgIpc) is 3.20. The highest BCUT2D eigenvalue weighted by atomic mass is 32.2. The van der Waals surface area contributed by atoms with Crippen molar-refractivity contribution >= 4 is 21.1 Å². The second-order valence-electron chi connectivity index (χ2n) is 7.26. The summed E-state index contributed by atoms with van der Waals surface area (Å²) < 4.78 is 43.7. The molecule has 1 aromatic heterocycles. The molecule has 10 heteroatoms. The summed E-state index contributed by atoms with van der Waals surface area (Å²) in [6.07, 6.45) is 0. The molecule has 1 aliphatic heterocycles. The van der Waals surface area contributed by atoms with Crippen LogP contribution < -0.4 is 14.2 Å². The SMILES string of the molecule is COc1ccc(OC)c(S(=O)(=O)N2CCN(Cc3nc4ccc(OC)cc4[nH]3)CC2)c1. The van der Waals surface area contributed by atoms with Crippen molar-refractivity contribution < 1.29 is 22.6 Å². The van der Waals surface area contributed by atoms with E-state index >= 15 is 0 Å². The van der Waals surface area contributed by atoms with Gasteiger partial charge in [0.2, 0.25) is 10.0 Å². The summed E-state index contributed by atoms with van der Waals surface area (Å²) in [5, 5.41) is 0. The predicted octanol–water partition coefficient (Wildman–Crippen LogP) is 2.10. The fourth-order valence-corrected chi connectivity index (χ4v) is 5.30. The number of imidazole rings is 1. The minimum atomic E-state index is -3.70. The van der Waals surface area contributed by atoms with E-state index in [1.807, 2.05) is 18.2 Å². The molecule has 0 radical (unpaired) electrons. The number of H-pyrrole nitrogens is 1. The number of aromatic amines is 1. The van der Waals surface area contributed by atoms with Crippen LogP contribution in [0.15, 0.2) is 41.3 Å². The maximum Gasteiger partial charge on any atom is 0.246 e. The molecule has 3 aromatic rings. The lowest BCUT2D eigenvalue weighted by Gasteiger charge is -2.33. The van der Waals surface area contributed by atoms with Crippen molar-refractivity contribution in [2.75, 3.05) is 47.5 Å². The van der Waals surface area contributed by atoms with E-state index in [-0.39, 0.29) is 4.90 Å². The minimum Gasteiger partial charge on any atom is -0.497 e. The van der Waals surface area contributed by atoms with E-state index in [4.69, 9.17) is 14.2 Å². The normalized spacial score (nSPS) is 15.8. The van der Waals surface area contributed by atoms with Crippen LogP contribution in [0.25, 0.3) is 11.0 Å². The highest BCUT2D eigenvalue weighted by molar-refractivity contribution is 7.89. The summed E-state index contributed by atoms with van der Waals surface area (Å²) in [5.74, 6) is 2.39. The number of piperazine rings is 1. The number of methoxy groups -OCH3 is 3. The number of ether oxygens (including phenoxy) is 3. The molecule has 1 fully saturated rings. The number of fused-ring (bicyclic) bond motifs is 1. The Bertz CT molecular complexity index is 1170. The molecule has 2 heterocycles. The largest absolute Gasteiger partial charge is 0.497 e. The van der Waals surface area contributed by atoms with Crippen molar-refractivity contribution in [3.8, 4) is 17.2 Å². The van der Waals surface area contributed by atoms with E-state index in [9.17, 15) is 8.42 Å². The van der Waals surface area contributed by atoms with Gasteiger partial charge in [-0.05, 0) is 24.3 Å². The van der Waals surface area contributed by atoms with Gasteiger partial charge < -0.3 is 19.2 Å². The van der Waals surface area contributed by atoms with Crippen LogP contribution in [0.3, 0.4) is 0 Å². The number of rotatable bonds is 7. The maximum atomic E-state index is 13.2. The van der Waals surface area contributed by atoms with E-state index in [1.165, 1.54) is 24.6 Å². The van der Waals surface area contributed by atoms with Crippen molar-refractivity contribution in [3.63, 3.8) is 0 Å².